The second kappa shape index (κ2) is 7.17. The van der Waals surface area contributed by atoms with E-state index in [1.54, 1.807) is 0 Å². The number of rotatable bonds is 3. The highest BCUT2D eigenvalue weighted by Gasteiger charge is 2.25. The van der Waals surface area contributed by atoms with Gasteiger partial charge in [-0.2, -0.15) is 0 Å². The zero-order chi connectivity index (χ0) is 16.2. The van der Waals surface area contributed by atoms with Crippen molar-refractivity contribution in [1.82, 2.24) is 15.2 Å². The van der Waals surface area contributed by atoms with Crippen molar-refractivity contribution in [1.29, 1.82) is 0 Å². The molecule has 2 saturated heterocycles. The molecule has 0 radical (unpaired) electrons. The summed E-state index contributed by atoms with van der Waals surface area (Å²) in [6.45, 7) is 7.97. The number of aromatic nitrogens is 1. The lowest BCUT2D eigenvalue weighted by Gasteiger charge is -2.35. The van der Waals surface area contributed by atoms with Crippen molar-refractivity contribution in [3.63, 3.8) is 0 Å². The summed E-state index contributed by atoms with van der Waals surface area (Å²) in [6, 6.07) is 4.02. The number of pyridine rings is 1. The van der Waals surface area contributed by atoms with E-state index in [4.69, 9.17) is 4.74 Å². The van der Waals surface area contributed by atoms with Crippen LogP contribution in [0, 0.1) is 0 Å². The van der Waals surface area contributed by atoms with Crippen molar-refractivity contribution < 1.29 is 9.53 Å². The lowest BCUT2D eigenvalue weighted by molar-refractivity contribution is -0.0545. The van der Waals surface area contributed by atoms with Crippen LogP contribution in [-0.4, -0.2) is 54.3 Å². The van der Waals surface area contributed by atoms with Crippen LogP contribution in [0.3, 0.4) is 0 Å². The van der Waals surface area contributed by atoms with Gasteiger partial charge < -0.3 is 19.9 Å². The number of anilines is 1. The molecule has 1 N–H and O–H groups in total. The number of morpholine rings is 1. The quantitative estimate of drug-likeness (QED) is 0.926. The van der Waals surface area contributed by atoms with Crippen LogP contribution in [0.2, 0.25) is 0 Å². The maximum atomic E-state index is 12.3. The molecule has 0 aliphatic carbocycles. The van der Waals surface area contributed by atoms with Gasteiger partial charge in [-0.1, -0.05) is 0 Å². The average molecular weight is 318 g/mol. The number of urea groups is 1. The maximum absolute atomic E-state index is 12.3. The molecule has 6 heteroatoms. The van der Waals surface area contributed by atoms with Gasteiger partial charge in [-0.15, -0.1) is 0 Å². The first-order valence-electron chi connectivity index (χ1n) is 8.50. The molecule has 0 saturated carbocycles. The molecular formula is C17H26N4O2. The van der Waals surface area contributed by atoms with Gasteiger partial charge in [0, 0.05) is 38.9 Å². The van der Waals surface area contributed by atoms with Gasteiger partial charge >= 0.3 is 6.03 Å². The molecule has 2 aliphatic rings. The van der Waals surface area contributed by atoms with E-state index in [1.165, 1.54) is 12.8 Å². The van der Waals surface area contributed by atoms with E-state index in [9.17, 15) is 4.79 Å². The minimum absolute atomic E-state index is 0.0217. The van der Waals surface area contributed by atoms with E-state index < -0.39 is 0 Å². The van der Waals surface area contributed by atoms with Gasteiger partial charge in [0.25, 0.3) is 0 Å². The third-order valence-electron chi connectivity index (χ3n) is 4.39. The molecule has 0 spiro atoms. The molecule has 3 rings (SSSR count). The third-order valence-corrected chi connectivity index (χ3v) is 4.39. The van der Waals surface area contributed by atoms with Crippen molar-refractivity contribution in [3.8, 4) is 0 Å². The lowest BCUT2D eigenvalue weighted by atomic mass is 10.2. The Morgan fingerprint density at radius 2 is 2.00 bits per heavy atom. The van der Waals surface area contributed by atoms with Crippen LogP contribution in [0.1, 0.15) is 32.3 Å². The standard InChI is InChI=1S/C17H26N4O2/c1-13-11-21(12-14(2)23-13)17(22)19-10-15-5-6-18-16(9-15)20-7-3-4-8-20/h5-6,9,13-14H,3-4,7-8,10-12H2,1-2H3,(H,19,22). The van der Waals surface area contributed by atoms with Crippen molar-refractivity contribution in [2.45, 2.75) is 45.4 Å². The first-order valence-corrected chi connectivity index (χ1v) is 8.50. The lowest BCUT2D eigenvalue weighted by Crippen LogP contribution is -2.51. The van der Waals surface area contributed by atoms with Gasteiger partial charge in [-0.3, -0.25) is 0 Å². The summed E-state index contributed by atoms with van der Waals surface area (Å²) in [5.41, 5.74) is 1.09. The summed E-state index contributed by atoms with van der Waals surface area (Å²) in [4.78, 5) is 20.9. The zero-order valence-corrected chi connectivity index (χ0v) is 14.0. The molecule has 2 unspecified atom stereocenters. The molecular weight excluding hydrogens is 292 g/mol. The number of hydrogen-bond acceptors (Lipinski definition) is 4. The second-order valence-corrected chi connectivity index (χ2v) is 6.54. The van der Waals surface area contributed by atoms with Crippen LogP contribution in [0.25, 0.3) is 0 Å². The zero-order valence-electron chi connectivity index (χ0n) is 14.0. The molecule has 2 amide bonds. The molecule has 1 aromatic heterocycles. The SMILES string of the molecule is CC1CN(C(=O)NCc2ccnc(N3CCCC3)c2)CC(C)O1. The van der Waals surface area contributed by atoms with E-state index in [1.807, 2.05) is 31.0 Å². The van der Waals surface area contributed by atoms with E-state index in [0.29, 0.717) is 19.6 Å². The van der Waals surface area contributed by atoms with Crippen LogP contribution in [0.5, 0.6) is 0 Å². The number of hydrogen-bond donors (Lipinski definition) is 1. The van der Waals surface area contributed by atoms with E-state index in [0.717, 1.165) is 24.5 Å². The van der Waals surface area contributed by atoms with Gasteiger partial charge in [-0.05, 0) is 44.4 Å². The Kier molecular flexibility index (Phi) is 5.00. The topological polar surface area (TPSA) is 57.7 Å². The van der Waals surface area contributed by atoms with Crippen molar-refractivity contribution >= 4 is 11.8 Å². The number of ether oxygens (including phenoxy) is 1. The van der Waals surface area contributed by atoms with Crippen LogP contribution in [0.15, 0.2) is 18.3 Å². The van der Waals surface area contributed by atoms with Gasteiger partial charge in [0.1, 0.15) is 5.82 Å². The van der Waals surface area contributed by atoms with E-state index in [-0.39, 0.29) is 18.2 Å². The predicted molar refractivity (Wildman–Crippen MR) is 89.5 cm³/mol. The number of nitrogens with zero attached hydrogens (tertiary/aromatic N) is 3. The first-order chi connectivity index (χ1) is 11.1. The number of carbonyl (C=O) groups is 1. The Morgan fingerprint density at radius 1 is 1.30 bits per heavy atom. The second-order valence-electron chi connectivity index (χ2n) is 6.54. The van der Waals surface area contributed by atoms with Crippen molar-refractivity contribution in [2.24, 2.45) is 0 Å². The molecule has 0 aromatic carbocycles. The Labute approximate surface area is 137 Å². The molecule has 3 heterocycles. The number of amides is 2. The molecule has 23 heavy (non-hydrogen) atoms. The highest BCUT2D eigenvalue weighted by molar-refractivity contribution is 5.74. The molecule has 2 aliphatic heterocycles. The minimum atomic E-state index is -0.0217. The van der Waals surface area contributed by atoms with E-state index in [2.05, 4.69) is 21.3 Å². The summed E-state index contributed by atoms with van der Waals surface area (Å²) in [5.74, 6) is 1.02. The summed E-state index contributed by atoms with van der Waals surface area (Å²) in [7, 11) is 0. The molecule has 6 nitrogen and oxygen atoms in total. The fraction of sp³-hybridized carbons (Fsp3) is 0.647. The van der Waals surface area contributed by atoms with Crippen LogP contribution >= 0.6 is 0 Å². The summed E-state index contributed by atoms with van der Waals surface area (Å²) < 4.78 is 5.67. The molecule has 2 fully saturated rings. The molecule has 1 aromatic rings. The van der Waals surface area contributed by atoms with Crippen molar-refractivity contribution in [2.75, 3.05) is 31.1 Å². The largest absolute Gasteiger partial charge is 0.372 e. The molecule has 0 bridgehead atoms. The number of nitrogens with one attached hydrogen (secondary N) is 1. The normalized spacial score (nSPS) is 24.8. The Balaban J connectivity index is 1.55. The maximum Gasteiger partial charge on any atom is 0.317 e. The van der Waals surface area contributed by atoms with Gasteiger partial charge in [0.05, 0.1) is 12.2 Å². The highest BCUT2D eigenvalue weighted by Crippen LogP contribution is 2.18. The Bertz CT molecular complexity index is 535. The van der Waals surface area contributed by atoms with Crippen LogP contribution in [0.4, 0.5) is 10.6 Å². The fourth-order valence-electron chi connectivity index (χ4n) is 3.32. The van der Waals surface area contributed by atoms with Gasteiger partial charge in [-0.25, -0.2) is 9.78 Å². The smallest absolute Gasteiger partial charge is 0.317 e. The predicted octanol–water partition coefficient (Wildman–Crippen LogP) is 2.00. The van der Waals surface area contributed by atoms with Crippen molar-refractivity contribution in [3.05, 3.63) is 23.9 Å². The van der Waals surface area contributed by atoms with Crippen LogP contribution in [-0.2, 0) is 11.3 Å². The fourth-order valence-corrected chi connectivity index (χ4v) is 3.32. The minimum Gasteiger partial charge on any atom is -0.372 e. The summed E-state index contributed by atoms with van der Waals surface area (Å²) in [6.07, 6.45) is 4.47. The van der Waals surface area contributed by atoms with Crippen LogP contribution < -0.4 is 10.2 Å². The molecule has 2 atom stereocenters. The first kappa shape index (κ1) is 16.1. The Hall–Kier alpha value is -1.82. The summed E-state index contributed by atoms with van der Waals surface area (Å²) >= 11 is 0. The van der Waals surface area contributed by atoms with Gasteiger partial charge in [0.2, 0.25) is 0 Å². The van der Waals surface area contributed by atoms with Gasteiger partial charge in [0.15, 0.2) is 0 Å². The monoisotopic (exact) mass is 318 g/mol. The molecule has 126 valence electrons. The Morgan fingerprint density at radius 3 is 2.70 bits per heavy atom. The number of carbonyl (C=O) groups excluding carboxylic acids is 1. The van der Waals surface area contributed by atoms with E-state index >= 15 is 0 Å². The summed E-state index contributed by atoms with van der Waals surface area (Å²) in [5, 5.41) is 3.01. The average Bonchev–Trinajstić information content (AvgIpc) is 3.06. The third kappa shape index (κ3) is 4.13. The highest BCUT2D eigenvalue weighted by atomic mass is 16.5.